The lowest BCUT2D eigenvalue weighted by atomic mass is 10.1. The zero-order valence-electron chi connectivity index (χ0n) is 12.4. The van der Waals surface area contributed by atoms with E-state index in [0.29, 0.717) is 6.42 Å². The van der Waals surface area contributed by atoms with Crippen molar-refractivity contribution < 1.29 is 14.3 Å². The van der Waals surface area contributed by atoms with Gasteiger partial charge in [-0.2, -0.15) is 0 Å². The number of alkyl halides is 2. The number of nitrogens with one attached hydrogen (secondary N) is 1. The molecule has 120 valence electrons. The fourth-order valence-corrected chi connectivity index (χ4v) is 3.07. The number of carbonyl (C=O) groups is 1. The third-order valence-corrected chi connectivity index (χ3v) is 4.88. The lowest BCUT2D eigenvalue weighted by molar-refractivity contribution is -0.117. The van der Waals surface area contributed by atoms with Gasteiger partial charge in [0.15, 0.2) is 0 Å². The van der Waals surface area contributed by atoms with Gasteiger partial charge >= 0.3 is 0 Å². The summed E-state index contributed by atoms with van der Waals surface area (Å²) in [4.78, 5) is 12.0. The van der Waals surface area contributed by atoms with Gasteiger partial charge < -0.3 is 14.8 Å². The van der Waals surface area contributed by atoms with Crippen LogP contribution in [0, 0.1) is 12.8 Å². The standard InChI is InChI=1S/C16H19Cl2NO3/c1-10-8-11(19-15(20)13-9-16(13,17)18)2-3-14(10)22-12-4-6-21-7-5-12/h2-3,8,12-13H,4-7,9H2,1H3,(H,19,20)/t13-/m0/s1. The van der Waals surface area contributed by atoms with Crippen LogP contribution in [-0.4, -0.2) is 29.6 Å². The molecule has 1 aliphatic heterocycles. The van der Waals surface area contributed by atoms with Crippen molar-refractivity contribution in [2.45, 2.75) is 36.6 Å². The highest BCUT2D eigenvalue weighted by Crippen LogP contribution is 2.53. The van der Waals surface area contributed by atoms with E-state index in [1.807, 2.05) is 25.1 Å². The zero-order chi connectivity index (χ0) is 15.7. The number of anilines is 1. The number of hydrogen-bond donors (Lipinski definition) is 1. The van der Waals surface area contributed by atoms with E-state index in [9.17, 15) is 4.79 Å². The minimum atomic E-state index is -0.898. The van der Waals surface area contributed by atoms with Gasteiger partial charge in [0.25, 0.3) is 0 Å². The molecule has 2 fully saturated rings. The maximum absolute atomic E-state index is 12.0. The first-order valence-electron chi connectivity index (χ1n) is 7.49. The van der Waals surface area contributed by atoms with Crippen LogP contribution < -0.4 is 10.1 Å². The lowest BCUT2D eigenvalue weighted by Gasteiger charge is -2.24. The first-order chi connectivity index (χ1) is 10.5. The summed E-state index contributed by atoms with van der Waals surface area (Å²) < 4.78 is 10.4. The van der Waals surface area contributed by atoms with E-state index in [2.05, 4.69) is 5.32 Å². The summed E-state index contributed by atoms with van der Waals surface area (Å²) in [5.74, 6) is 0.386. The van der Waals surface area contributed by atoms with Gasteiger partial charge in [-0.1, -0.05) is 0 Å². The average Bonchev–Trinajstić information content (AvgIpc) is 3.12. The Morgan fingerprint density at radius 1 is 1.36 bits per heavy atom. The third-order valence-electron chi connectivity index (χ3n) is 4.05. The third kappa shape index (κ3) is 3.67. The summed E-state index contributed by atoms with van der Waals surface area (Å²) in [7, 11) is 0. The molecule has 3 rings (SSSR count). The van der Waals surface area contributed by atoms with Crippen LogP contribution in [0.3, 0.4) is 0 Å². The molecule has 1 saturated heterocycles. The number of rotatable bonds is 4. The first kappa shape index (κ1) is 15.9. The SMILES string of the molecule is Cc1cc(NC(=O)[C@@H]2CC2(Cl)Cl)ccc1OC1CCOCC1. The number of carbonyl (C=O) groups excluding carboxylic acids is 1. The highest BCUT2D eigenvalue weighted by atomic mass is 35.5. The van der Waals surface area contributed by atoms with E-state index in [1.165, 1.54) is 0 Å². The molecule has 0 spiro atoms. The fourth-order valence-electron chi connectivity index (χ4n) is 2.56. The van der Waals surface area contributed by atoms with Crippen molar-refractivity contribution in [1.29, 1.82) is 0 Å². The second kappa shape index (κ2) is 6.26. The summed E-state index contributed by atoms with van der Waals surface area (Å²) in [6, 6.07) is 5.63. The summed E-state index contributed by atoms with van der Waals surface area (Å²) in [6.07, 6.45) is 2.53. The molecule has 22 heavy (non-hydrogen) atoms. The van der Waals surface area contributed by atoms with E-state index >= 15 is 0 Å². The van der Waals surface area contributed by atoms with E-state index < -0.39 is 4.33 Å². The molecule has 2 aliphatic rings. The number of benzene rings is 1. The molecule has 1 heterocycles. The molecule has 4 nitrogen and oxygen atoms in total. The van der Waals surface area contributed by atoms with Crippen LogP contribution >= 0.6 is 23.2 Å². The van der Waals surface area contributed by atoms with Crippen molar-refractivity contribution in [1.82, 2.24) is 0 Å². The molecule has 0 bridgehead atoms. The van der Waals surface area contributed by atoms with Crippen molar-refractivity contribution in [3.63, 3.8) is 0 Å². The van der Waals surface area contributed by atoms with Crippen molar-refractivity contribution >= 4 is 34.8 Å². The predicted octanol–water partition coefficient (Wildman–Crippen LogP) is 3.69. The summed E-state index contributed by atoms with van der Waals surface area (Å²) in [6.45, 7) is 3.46. The van der Waals surface area contributed by atoms with Gasteiger partial charge in [0.1, 0.15) is 16.2 Å². The molecule has 1 aromatic rings. The monoisotopic (exact) mass is 343 g/mol. The van der Waals surface area contributed by atoms with Crippen LogP contribution in [0.2, 0.25) is 0 Å². The average molecular weight is 344 g/mol. The molecule has 1 saturated carbocycles. The molecule has 0 unspecified atom stereocenters. The Kier molecular flexibility index (Phi) is 4.53. The Balaban J connectivity index is 1.60. The van der Waals surface area contributed by atoms with E-state index in [0.717, 1.165) is 43.1 Å². The molecule has 1 atom stereocenters. The van der Waals surface area contributed by atoms with E-state index in [4.69, 9.17) is 32.7 Å². The maximum atomic E-state index is 12.0. The maximum Gasteiger partial charge on any atom is 0.230 e. The van der Waals surface area contributed by atoms with Crippen LogP contribution in [-0.2, 0) is 9.53 Å². The van der Waals surface area contributed by atoms with Gasteiger partial charge in [-0.05, 0) is 37.1 Å². The number of aryl methyl sites for hydroxylation is 1. The Morgan fingerprint density at radius 2 is 2.05 bits per heavy atom. The molecule has 1 amide bonds. The van der Waals surface area contributed by atoms with Crippen LogP contribution in [0.15, 0.2) is 18.2 Å². The number of ether oxygens (including phenoxy) is 2. The van der Waals surface area contributed by atoms with E-state index in [-0.39, 0.29) is 17.9 Å². The number of hydrogen-bond acceptors (Lipinski definition) is 3. The Labute approximate surface area is 140 Å². The van der Waals surface area contributed by atoms with Gasteiger partial charge in [0.05, 0.1) is 19.1 Å². The molecule has 0 radical (unpaired) electrons. The van der Waals surface area contributed by atoms with Crippen molar-refractivity contribution in [3.05, 3.63) is 23.8 Å². The minimum Gasteiger partial charge on any atom is -0.490 e. The van der Waals surface area contributed by atoms with Gasteiger partial charge in [0, 0.05) is 18.5 Å². The van der Waals surface area contributed by atoms with Gasteiger partial charge in [-0.25, -0.2) is 0 Å². The lowest BCUT2D eigenvalue weighted by Crippen LogP contribution is -2.26. The number of amides is 1. The molecule has 1 aromatic carbocycles. The highest BCUT2D eigenvalue weighted by molar-refractivity contribution is 6.52. The quantitative estimate of drug-likeness (QED) is 0.848. The second-order valence-electron chi connectivity index (χ2n) is 5.92. The molecule has 1 aliphatic carbocycles. The Bertz CT molecular complexity index is 571. The smallest absolute Gasteiger partial charge is 0.230 e. The van der Waals surface area contributed by atoms with E-state index in [1.54, 1.807) is 0 Å². The zero-order valence-corrected chi connectivity index (χ0v) is 13.9. The predicted molar refractivity (Wildman–Crippen MR) is 86.8 cm³/mol. The molecule has 6 heteroatoms. The van der Waals surface area contributed by atoms with Crippen molar-refractivity contribution in [2.24, 2.45) is 5.92 Å². The van der Waals surface area contributed by atoms with Crippen LogP contribution in [0.4, 0.5) is 5.69 Å². The molecular formula is C16H19Cl2NO3. The topological polar surface area (TPSA) is 47.6 Å². The van der Waals surface area contributed by atoms with Gasteiger partial charge in [0.2, 0.25) is 5.91 Å². The minimum absolute atomic E-state index is 0.137. The Hall–Kier alpha value is -0.970. The molecule has 0 aromatic heterocycles. The van der Waals surface area contributed by atoms with Crippen LogP contribution in [0.1, 0.15) is 24.8 Å². The summed E-state index contributed by atoms with van der Waals surface area (Å²) in [5.41, 5.74) is 1.72. The summed E-state index contributed by atoms with van der Waals surface area (Å²) in [5, 5.41) is 2.85. The normalized spacial score (nSPS) is 23.9. The van der Waals surface area contributed by atoms with Crippen molar-refractivity contribution in [3.8, 4) is 5.75 Å². The molecule has 1 N–H and O–H groups in total. The van der Waals surface area contributed by atoms with Crippen LogP contribution in [0.5, 0.6) is 5.75 Å². The van der Waals surface area contributed by atoms with Crippen LogP contribution in [0.25, 0.3) is 0 Å². The first-order valence-corrected chi connectivity index (χ1v) is 8.25. The largest absolute Gasteiger partial charge is 0.490 e. The number of halogens is 2. The second-order valence-corrected chi connectivity index (χ2v) is 7.46. The van der Waals surface area contributed by atoms with Crippen molar-refractivity contribution in [2.75, 3.05) is 18.5 Å². The van der Waals surface area contributed by atoms with Gasteiger partial charge in [-0.3, -0.25) is 4.79 Å². The van der Waals surface area contributed by atoms with Gasteiger partial charge in [-0.15, -0.1) is 23.2 Å². The highest BCUT2D eigenvalue weighted by Gasteiger charge is 2.56. The molecular weight excluding hydrogens is 325 g/mol. The fraction of sp³-hybridized carbons (Fsp3) is 0.562. The Morgan fingerprint density at radius 3 is 2.64 bits per heavy atom. The summed E-state index contributed by atoms with van der Waals surface area (Å²) >= 11 is 11.8.